The van der Waals surface area contributed by atoms with Gasteiger partial charge in [-0.15, -0.1) is 0 Å². The highest BCUT2D eigenvalue weighted by atomic mass is 19.1. The highest BCUT2D eigenvalue weighted by Crippen LogP contribution is 2.32. The van der Waals surface area contributed by atoms with Gasteiger partial charge in [-0.3, -0.25) is 0 Å². The van der Waals surface area contributed by atoms with E-state index in [-0.39, 0.29) is 30.3 Å². The molecule has 3 rings (SSSR count). The number of carbonyl (C=O) groups is 1. The molecule has 0 bridgehead atoms. The Hall–Kier alpha value is -3.34. The fourth-order valence-electron chi connectivity index (χ4n) is 2.50. The summed E-state index contributed by atoms with van der Waals surface area (Å²) in [5, 5.41) is 0. The summed E-state index contributed by atoms with van der Waals surface area (Å²) in [6.45, 7) is 0.508. The maximum Gasteiger partial charge on any atom is 0.340 e. The average molecular weight is 366 g/mol. The second-order valence-corrected chi connectivity index (χ2v) is 5.82. The third-order valence-corrected chi connectivity index (χ3v) is 3.91. The summed E-state index contributed by atoms with van der Waals surface area (Å²) < 4.78 is 30.5. The van der Waals surface area contributed by atoms with E-state index in [0.29, 0.717) is 0 Å². The summed E-state index contributed by atoms with van der Waals surface area (Å²) in [5.41, 5.74) is 1.67. The van der Waals surface area contributed by atoms with Crippen LogP contribution in [0.2, 0.25) is 0 Å². The van der Waals surface area contributed by atoms with E-state index < -0.39 is 11.8 Å². The summed E-state index contributed by atoms with van der Waals surface area (Å²) >= 11 is 0. The number of hydrogen-bond acceptors (Lipinski definition) is 4. The molecule has 0 aliphatic carbocycles. The molecule has 138 valence electrons. The van der Waals surface area contributed by atoms with Gasteiger partial charge in [-0.2, -0.15) is 0 Å². The van der Waals surface area contributed by atoms with Crippen LogP contribution in [0.4, 0.5) is 4.39 Å². The van der Waals surface area contributed by atoms with E-state index in [4.69, 9.17) is 9.47 Å². The predicted molar refractivity (Wildman–Crippen MR) is 99.3 cm³/mol. The van der Waals surface area contributed by atoms with Crippen LogP contribution in [-0.2, 0) is 18.0 Å². The normalized spacial score (nSPS) is 10.3. The molecule has 0 unspecified atom stereocenters. The van der Waals surface area contributed by atoms with E-state index in [0.717, 1.165) is 17.2 Å². The Balaban J connectivity index is 1.85. The van der Waals surface area contributed by atoms with Crippen molar-refractivity contribution in [3.63, 3.8) is 0 Å². The monoisotopic (exact) mass is 366 g/mol. The highest BCUT2D eigenvalue weighted by Gasteiger charge is 2.18. The van der Waals surface area contributed by atoms with E-state index >= 15 is 0 Å². The third-order valence-electron chi connectivity index (χ3n) is 3.91. The lowest BCUT2D eigenvalue weighted by atomic mass is 10.1. The first-order valence-corrected chi connectivity index (χ1v) is 8.42. The van der Waals surface area contributed by atoms with Crippen LogP contribution in [0.1, 0.15) is 21.5 Å². The maximum absolute atomic E-state index is 14.3. The fraction of sp³-hybridized carbons (Fsp3) is 0.136. The lowest BCUT2D eigenvalue weighted by Crippen LogP contribution is -2.07. The highest BCUT2D eigenvalue weighted by molar-refractivity contribution is 5.90. The first kappa shape index (κ1) is 18.5. The van der Waals surface area contributed by atoms with Gasteiger partial charge in [0.2, 0.25) is 0 Å². The number of rotatable bonds is 7. The topological polar surface area (TPSA) is 44.8 Å². The minimum atomic E-state index is -0.772. The van der Waals surface area contributed by atoms with Crippen LogP contribution in [0.15, 0.2) is 72.8 Å². The number of benzene rings is 3. The molecule has 0 aromatic heterocycles. The van der Waals surface area contributed by atoms with Gasteiger partial charge in [-0.25, -0.2) is 9.18 Å². The molecule has 0 saturated heterocycles. The maximum atomic E-state index is 14.3. The van der Waals surface area contributed by atoms with Crippen LogP contribution in [0.3, 0.4) is 0 Å². The summed E-state index contributed by atoms with van der Waals surface area (Å²) in [6.07, 6.45) is 0. The molecular weight excluding hydrogens is 347 g/mol. The van der Waals surface area contributed by atoms with Crippen LogP contribution in [0, 0.1) is 5.82 Å². The minimum absolute atomic E-state index is 0.201. The number of esters is 1. The molecule has 0 aliphatic rings. The van der Waals surface area contributed by atoms with Gasteiger partial charge in [0.1, 0.15) is 19.0 Å². The first-order chi connectivity index (χ1) is 13.2. The van der Waals surface area contributed by atoms with E-state index in [9.17, 15) is 9.18 Å². The molecule has 0 fully saturated rings. The fourth-order valence-corrected chi connectivity index (χ4v) is 2.50. The van der Waals surface area contributed by atoms with Gasteiger partial charge in [0.25, 0.3) is 0 Å². The van der Waals surface area contributed by atoms with Gasteiger partial charge in [-0.1, -0.05) is 60.7 Å². The van der Waals surface area contributed by atoms with Crippen molar-refractivity contribution in [2.45, 2.75) is 13.2 Å². The van der Waals surface area contributed by atoms with Crippen LogP contribution in [0.5, 0.6) is 11.5 Å². The zero-order valence-corrected chi connectivity index (χ0v) is 14.9. The van der Waals surface area contributed by atoms with Crippen molar-refractivity contribution in [3.8, 4) is 11.5 Å². The molecule has 0 amide bonds. The Kier molecular flexibility index (Phi) is 6.05. The third kappa shape index (κ3) is 4.85. The standard InChI is InChI=1S/C22H19FO4/c1-25-22(24)18-12-20(26-14-16-8-4-2-5-9-16)21(13-19(18)23)27-15-17-10-6-3-7-11-17/h2-13H,14-15H2,1H3. The summed E-state index contributed by atoms with van der Waals surface area (Å²) in [5.74, 6) is -1.000. The molecule has 4 nitrogen and oxygen atoms in total. The predicted octanol–water partition coefficient (Wildman–Crippen LogP) is 4.77. The van der Waals surface area contributed by atoms with Gasteiger partial charge in [0.05, 0.1) is 12.7 Å². The molecule has 0 saturated carbocycles. The Morgan fingerprint density at radius 2 is 1.30 bits per heavy atom. The lowest BCUT2D eigenvalue weighted by Gasteiger charge is -2.15. The molecule has 0 spiro atoms. The molecule has 5 heteroatoms. The minimum Gasteiger partial charge on any atom is -0.485 e. The molecule has 0 heterocycles. The molecule has 0 aliphatic heterocycles. The number of halogens is 1. The van der Waals surface area contributed by atoms with Gasteiger partial charge < -0.3 is 14.2 Å². The Morgan fingerprint density at radius 1 is 0.815 bits per heavy atom. The second kappa shape index (κ2) is 8.85. The van der Waals surface area contributed by atoms with Crippen molar-refractivity contribution in [2.75, 3.05) is 7.11 Å². The average Bonchev–Trinajstić information content (AvgIpc) is 2.72. The molecular formula is C22H19FO4. The molecule has 0 atom stereocenters. The molecule has 0 radical (unpaired) electrons. The van der Waals surface area contributed by atoms with Crippen molar-refractivity contribution < 1.29 is 23.4 Å². The number of ether oxygens (including phenoxy) is 3. The summed E-state index contributed by atoms with van der Waals surface area (Å²) in [6, 6.07) is 21.5. The Bertz CT molecular complexity index is 895. The van der Waals surface area contributed by atoms with E-state index in [1.54, 1.807) is 0 Å². The van der Waals surface area contributed by atoms with Crippen LogP contribution in [0.25, 0.3) is 0 Å². The van der Waals surface area contributed by atoms with Crippen LogP contribution >= 0.6 is 0 Å². The molecule has 3 aromatic rings. The smallest absolute Gasteiger partial charge is 0.340 e. The molecule has 3 aromatic carbocycles. The van der Waals surface area contributed by atoms with Gasteiger partial charge in [0.15, 0.2) is 11.5 Å². The van der Waals surface area contributed by atoms with Crippen molar-refractivity contribution in [1.82, 2.24) is 0 Å². The zero-order valence-electron chi connectivity index (χ0n) is 14.9. The zero-order chi connectivity index (χ0) is 19.1. The molecule has 27 heavy (non-hydrogen) atoms. The quantitative estimate of drug-likeness (QED) is 0.565. The summed E-state index contributed by atoms with van der Waals surface area (Å²) in [7, 11) is 1.20. The second-order valence-electron chi connectivity index (χ2n) is 5.82. The van der Waals surface area contributed by atoms with E-state index in [2.05, 4.69) is 4.74 Å². The van der Waals surface area contributed by atoms with Gasteiger partial charge >= 0.3 is 5.97 Å². The SMILES string of the molecule is COC(=O)c1cc(OCc2ccccc2)c(OCc2ccccc2)cc1F. The van der Waals surface area contributed by atoms with Crippen LogP contribution < -0.4 is 9.47 Å². The van der Waals surface area contributed by atoms with Crippen molar-refractivity contribution >= 4 is 5.97 Å². The van der Waals surface area contributed by atoms with E-state index in [1.807, 2.05) is 60.7 Å². The van der Waals surface area contributed by atoms with Gasteiger partial charge in [0, 0.05) is 12.1 Å². The Labute approximate surface area is 157 Å². The number of methoxy groups -OCH3 is 1. The van der Waals surface area contributed by atoms with Crippen molar-refractivity contribution in [2.24, 2.45) is 0 Å². The number of hydrogen-bond donors (Lipinski definition) is 0. The first-order valence-electron chi connectivity index (χ1n) is 8.42. The summed E-state index contributed by atoms with van der Waals surface area (Å²) in [4.78, 5) is 11.8. The lowest BCUT2D eigenvalue weighted by molar-refractivity contribution is 0.0594. The molecule has 0 N–H and O–H groups in total. The number of carbonyl (C=O) groups excluding carboxylic acids is 1. The Morgan fingerprint density at radius 3 is 1.78 bits per heavy atom. The van der Waals surface area contributed by atoms with Gasteiger partial charge in [-0.05, 0) is 11.1 Å². The van der Waals surface area contributed by atoms with Crippen molar-refractivity contribution in [3.05, 3.63) is 95.3 Å². The van der Waals surface area contributed by atoms with Crippen molar-refractivity contribution in [1.29, 1.82) is 0 Å². The van der Waals surface area contributed by atoms with Crippen LogP contribution in [-0.4, -0.2) is 13.1 Å². The largest absolute Gasteiger partial charge is 0.485 e. The van der Waals surface area contributed by atoms with E-state index in [1.165, 1.54) is 13.2 Å².